The van der Waals surface area contributed by atoms with Crippen LogP contribution < -0.4 is 0 Å². The lowest BCUT2D eigenvalue weighted by atomic mass is 9.88. The number of carbonyl (C=O) groups excluding carboxylic acids is 1. The summed E-state index contributed by atoms with van der Waals surface area (Å²) in [5, 5.41) is 0.255. The molecule has 3 fully saturated rings. The first kappa shape index (κ1) is 19.7. The third-order valence-corrected chi connectivity index (χ3v) is 10.1. The van der Waals surface area contributed by atoms with Gasteiger partial charge in [0.2, 0.25) is 0 Å². The van der Waals surface area contributed by atoms with Crippen molar-refractivity contribution in [1.29, 1.82) is 0 Å². The van der Waals surface area contributed by atoms with Crippen molar-refractivity contribution in [3.63, 3.8) is 0 Å². The van der Waals surface area contributed by atoms with Crippen LogP contribution in [0.2, 0.25) is 18.1 Å². The van der Waals surface area contributed by atoms with Crippen LogP contribution in [0.3, 0.4) is 0 Å². The summed E-state index contributed by atoms with van der Waals surface area (Å²) in [6, 6.07) is 0.623. The highest BCUT2D eigenvalue weighted by molar-refractivity contribution is 6.74. The second-order valence-electron chi connectivity index (χ2n) is 9.80. The first-order chi connectivity index (χ1) is 10.8. The quantitative estimate of drug-likeness (QED) is 0.720. The summed E-state index contributed by atoms with van der Waals surface area (Å²) >= 11 is 0. The lowest BCUT2D eigenvalue weighted by Crippen LogP contribution is -2.70. The van der Waals surface area contributed by atoms with Gasteiger partial charge in [-0.1, -0.05) is 20.8 Å². The van der Waals surface area contributed by atoms with E-state index in [0.717, 1.165) is 32.7 Å². The van der Waals surface area contributed by atoms with Crippen LogP contribution in [0.15, 0.2) is 0 Å². The van der Waals surface area contributed by atoms with E-state index in [4.69, 9.17) is 9.16 Å². The molecule has 3 rings (SSSR count). The smallest absolute Gasteiger partial charge is 0.410 e. The molecule has 1 amide bonds. The monoisotopic (exact) mass is 356 g/mol. The topological polar surface area (TPSA) is 42.0 Å². The van der Waals surface area contributed by atoms with Gasteiger partial charge < -0.3 is 9.16 Å². The van der Waals surface area contributed by atoms with Crippen molar-refractivity contribution >= 4 is 14.4 Å². The first-order valence-electron chi connectivity index (χ1n) is 9.18. The van der Waals surface area contributed by atoms with Gasteiger partial charge in [-0.15, -0.1) is 0 Å². The fourth-order valence-electron chi connectivity index (χ4n) is 3.14. The summed E-state index contributed by atoms with van der Waals surface area (Å²) in [5.41, 5.74) is -0.419. The Morgan fingerprint density at radius 2 is 1.62 bits per heavy atom. The Bertz CT molecular complexity index is 456. The fraction of sp³-hybridized carbons (Fsp3) is 0.944. The number of fused-ring (bicyclic) bond motifs is 2. The molecule has 24 heavy (non-hydrogen) atoms. The number of hydrogen-bond acceptors (Lipinski definition) is 4. The van der Waals surface area contributed by atoms with Crippen molar-refractivity contribution in [3.8, 4) is 0 Å². The highest BCUT2D eigenvalue weighted by Gasteiger charge is 2.48. The molecule has 3 aliphatic rings. The zero-order valence-corrected chi connectivity index (χ0v) is 17.8. The Morgan fingerprint density at radius 1 is 1.08 bits per heavy atom. The van der Waals surface area contributed by atoms with Gasteiger partial charge >= 0.3 is 6.09 Å². The van der Waals surface area contributed by atoms with Gasteiger partial charge in [-0.05, 0) is 45.3 Å². The second kappa shape index (κ2) is 6.61. The molecule has 5 nitrogen and oxygen atoms in total. The van der Waals surface area contributed by atoms with Gasteiger partial charge in [0.1, 0.15) is 5.60 Å². The summed E-state index contributed by atoms with van der Waals surface area (Å²) in [5.74, 6) is 0. The number of amides is 1. The maximum atomic E-state index is 12.3. The van der Waals surface area contributed by atoms with Crippen molar-refractivity contribution in [3.05, 3.63) is 0 Å². The largest absolute Gasteiger partial charge is 0.444 e. The van der Waals surface area contributed by atoms with Crippen molar-refractivity contribution in [1.82, 2.24) is 9.80 Å². The minimum atomic E-state index is -1.66. The summed E-state index contributed by atoms with van der Waals surface area (Å²) in [7, 11) is -1.66. The van der Waals surface area contributed by atoms with Gasteiger partial charge in [0, 0.05) is 26.2 Å². The standard InChI is InChI=1S/C18H36N2O3Si/c1-17(2,3)23-16(21)20-14-11-15(20)13-19(12-14)9-10-22-24(7,8)18(4,5)6/h14-15H,9-13H2,1-8H3. The molecule has 0 aromatic heterocycles. The van der Waals surface area contributed by atoms with Crippen molar-refractivity contribution < 1.29 is 14.0 Å². The van der Waals surface area contributed by atoms with Crippen LogP contribution in [-0.2, 0) is 9.16 Å². The van der Waals surface area contributed by atoms with E-state index in [1.54, 1.807) is 0 Å². The first-order valence-corrected chi connectivity index (χ1v) is 12.1. The number of piperazine rings is 1. The molecule has 0 spiro atoms. The predicted molar refractivity (Wildman–Crippen MR) is 99.9 cm³/mol. The molecule has 2 bridgehead atoms. The van der Waals surface area contributed by atoms with Crippen molar-refractivity contribution in [2.45, 2.75) is 83.8 Å². The fourth-order valence-corrected chi connectivity index (χ4v) is 4.17. The molecule has 6 heteroatoms. The zero-order valence-electron chi connectivity index (χ0n) is 16.8. The number of ether oxygens (including phenoxy) is 1. The van der Waals surface area contributed by atoms with Crippen LogP contribution in [0, 0.1) is 0 Å². The van der Waals surface area contributed by atoms with Crippen LogP contribution in [0.25, 0.3) is 0 Å². The molecule has 3 saturated heterocycles. The molecule has 3 heterocycles. The van der Waals surface area contributed by atoms with Gasteiger partial charge in [-0.3, -0.25) is 9.80 Å². The van der Waals surface area contributed by atoms with E-state index < -0.39 is 13.9 Å². The summed E-state index contributed by atoms with van der Waals surface area (Å²) in [6.07, 6.45) is 0.958. The van der Waals surface area contributed by atoms with Crippen LogP contribution in [0.5, 0.6) is 0 Å². The number of hydrogen-bond donors (Lipinski definition) is 0. The molecule has 0 aromatic rings. The molecule has 0 N–H and O–H groups in total. The molecule has 0 radical (unpaired) electrons. The Morgan fingerprint density at radius 3 is 2.08 bits per heavy atom. The van der Waals surface area contributed by atoms with Crippen molar-refractivity contribution in [2.24, 2.45) is 0 Å². The lowest BCUT2D eigenvalue weighted by Gasteiger charge is -2.56. The Labute approximate surface area is 148 Å². The van der Waals surface area contributed by atoms with Crippen LogP contribution in [0.4, 0.5) is 4.79 Å². The van der Waals surface area contributed by atoms with E-state index in [-0.39, 0.29) is 11.1 Å². The van der Waals surface area contributed by atoms with E-state index in [1.165, 1.54) is 0 Å². The normalized spacial score (nSPS) is 25.4. The molecule has 2 atom stereocenters. The van der Waals surface area contributed by atoms with Crippen LogP contribution in [-0.4, -0.2) is 68.1 Å². The third-order valence-electron chi connectivity index (χ3n) is 5.55. The molecular weight excluding hydrogens is 320 g/mol. The highest BCUT2D eigenvalue weighted by atomic mass is 28.4. The SMILES string of the molecule is CC(C)(C)OC(=O)N1C2CC1CN(CCO[Si](C)(C)C(C)(C)C)C2. The summed E-state index contributed by atoms with van der Waals surface area (Å²) in [4.78, 5) is 16.7. The summed E-state index contributed by atoms with van der Waals surface area (Å²) in [6.45, 7) is 20.8. The number of piperidine rings is 1. The van der Waals surface area contributed by atoms with E-state index in [2.05, 4.69) is 38.8 Å². The molecule has 0 saturated carbocycles. The molecule has 140 valence electrons. The lowest BCUT2D eigenvalue weighted by molar-refractivity contribution is -0.0779. The molecule has 2 unspecified atom stereocenters. The van der Waals surface area contributed by atoms with Gasteiger partial charge in [-0.25, -0.2) is 4.79 Å². The Hall–Kier alpha value is -0.593. The van der Waals surface area contributed by atoms with E-state index >= 15 is 0 Å². The van der Waals surface area contributed by atoms with E-state index in [1.807, 2.05) is 25.7 Å². The van der Waals surface area contributed by atoms with E-state index in [9.17, 15) is 4.79 Å². The van der Waals surface area contributed by atoms with Crippen molar-refractivity contribution in [2.75, 3.05) is 26.2 Å². The van der Waals surface area contributed by atoms with Gasteiger partial charge in [0.15, 0.2) is 8.32 Å². The second-order valence-corrected chi connectivity index (χ2v) is 14.6. The van der Waals surface area contributed by atoms with Crippen LogP contribution in [0.1, 0.15) is 48.0 Å². The highest BCUT2D eigenvalue weighted by Crippen LogP contribution is 2.37. The third kappa shape index (κ3) is 4.52. The minimum absolute atomic E-state index is 0.152. The summed E-state index contributed by atoms with van der Waals surface area (Å²) < 4.78 is 11.8. The number of carbonyl (C=O) groups is 1. The minimum Gasteiger partial charge on any atom is -0.444 e. The molecule has 3 aliphatic heterocycles. The predicted octanol–water partition coefficient (Wildman–Crippen LogP) is 3.70. The van der Waals surface area contributed by atoms with Crippen LogP contribution >= 0.6 is 0 Å². The number of rotatable bonds is 4. The van der Waals surface area contributed by atoms with E-state index in [0.29, 0.717) is 12.1 Å². The molecule has 0 aliphatic carbocycles. The number of nitrogens with zero attached hydrogens (tertiary/aromatic N) is 2. The molecule has 0 aromatic carbocycles. The Balaban J connectivity index is 1.77. The maximum absolute atomic E-state index is 12.3. The zero-order chi connectivity index (χ0) is 18.3. The average molecular weight is 357 g/mol. The Kier molecular flexibility index (Phi) is 5.44. The van der Waals surface area contributed by atoms with Gasteiger partial charge in [0.25, 0.3) is 0 Å². The molecular formula is C18H36N2O3Si. The average Bonchev–Trinajstić information content (AvgIpc) is 2.34. The maximum Gasteiger partial charge on any atom is 0.410 e. The van der Waals surface area contributed by atoms with Gasteiger partial charge in [-0.2, -0.15) is 0 Å². The van der Waals surface area contributed by atoms with Gasteiger partial charge in [0.05, 0.1) is 12.1 Å².